The predicted octanol–water partition coefficient (Wildman–Crippen LogP) is 1.38. The van der Waals surface area contributed by atoms with Crippen LogP contribution >= 0.6 is 15.9 Å². The van der Waals surface area contributed by atoms with E-state index >= 15 is 0 Å². The molecular weight excluding hydrogens is 360 g/mol. The van der Waals surface area contributed by atoms with Gasteiger partial charge < -0.3 is 20.4 Å². The zero-order valence-corrected chi connectivity index (χ0v) is 15.3. The Hall–Kier alpha value is -1.60. The van der Waals surface area contributed by atoms with E-state index in [4.69, 9.17) is 0 Å². The Labute approximate surface area is 145 Å². The van der Waals surface area contributed by atoms with Gasteiger partial charge in [0.1, 0.15) is 0 Å². The van der Waals surface area contributed by atoms with Crippen molar-refractivity contribution in [3.8, 4) is 0 Å². The van der Waals surface area contributed by atoms with E-state index in [0.29, 0.717) is 18.7 Å². The van der Waals surface area contributed by atoms with Gasteiger partial charge in [-0.2, -0.15) is 0 Å². The normalized spacial score (nSPS) is 20.7. The number of amides is 3. The van der Waals surface area contributed by atoms with Gasteiger partial charge in [0.25, 0.3) is 5.91 Å². The van der Waals surface area contributed by atoms with Gasteiger partial charge in [0.05, 0.1) is 6.04 Å². The zero-order chi connectivity index (χ0) is 17.0. The maximum absolute atomic E-state index is 12.5. The third kappa shape index (κ3) is 4.68. The van der Waals surface area contributed by atoms with Crippen molar-refractivity contribution in [1.82, 2.24) is 20.4 Å². The first-order valence-corrected chi connectivity index (χ1v) is 8.38. The molecule has 3 amide bonds. The number of urea groups is 1. The lowest BCUT2D eigenvalue weighted by Crippen LogP contribution is -2.44. The average molecular weight is 383 g/mol. The van der Waals surface area contributed by atoms with E-state index in [1.54, 1.807) is 24.1 Å². The lowest BCUT2D eigenvalue weighted by molar-refractivity contribution is 0.0926. The Morgan fingerprint density at radius 1 is 1.35 bits per heavy atom. The fourth-order valence-electron chi connectivity index (χ4n) is 2.89. The minimum atomic E-state index is -0.112. The standard InChI is InChI=1S/C16H23BrN4O2/c1-18-16(23)21-9-12(8-20(2)3)14(10-21)19-15(22)11-5-4-6-13(17)7-11/h4-7,12,14H,8-10H2,1-3H3,(H,18,23)(H,19,22)/t12-,14-/m1/s1. The van der Waals surface area contributed by atoms with Crippen LogP contribution in [0.5, 0.6) is 0 Å². The summed E-state index contributed by atoms with van der Waals surface area (Å²) < 4.78 is 0.869. The number of rotatable bonds is 4. The Balaban J connectivity index is 2.08. The fourth-order valence-corrected chi connectivity index (χ4v) is 3.29. The van der Waals surface area contributed by atoms with Crippen LogP contribution in [0.4, 0.5) is 4.79 Å². The zero-order valence-electron chi connectivity index (χ0n) is 13.7. The molecule has 1 aliphatic rings. The van der Waals surface area contributed by atoms with Gasteiger partial charge in [0.2, 0.25) is 0 Å². The van der Waals surface area contributed by atoms with Crippen molar-refractivity contribution in [1.29, 1.82) is 0 Å². The number of nitrogens with zero attached hydrogens (tertiary/aromatic N) is 2. The van der Waals surface area contributed by atoms with E-state index in [1.807, 2.05) is 26.2 Å². The molecule has 0 saturated carbocycles. The topological polar surface area (TPSA) is 64.7 Å². The van der Waals surface area contributed by atoms with Crippen molar-refractivity contribution in [2.45, 2.75) is 6.04 Å². The summed E-state index contributed by atoms with van der Waals surface area (Å²) in [7, 11) is 5.61. The summed E-state index contributed by atoms with van der Waals surface area (Å²) in [6.45, 7) is 1.98. The van der Waals surface area contributed by atoms with Crippen molar-refractivity contribution in [3.63, 3.8) is 0 Å². The Morgan fingerprint density at radius 2 is 2.09 bits per heavy atom. The lowest BCUT2D eigenvalue weighted by Gasteiger charge is -2.22. The van der Waals surface area contributed by atoms with Crippen LogP contribution in [0.25, 0.3) is 0 Å². The number of likely N-dealkylation sites (tertiary alicyclic amines) is 1. The number of benzene rings is 1. The van der Waals surface area contributed by atoms with Gasteiger partial charge in [-0.05, 0) is 32.3 Å². The molecule has 23 heavy (non-hydrogen) atoms. The molecule has 126 valence electrons. The van der Waals surface area contributed by atoms with Crippen LogP contribution < -0.4 is 10.6 Å². The molecule has 0 radical (unpaired) electrons. The SMILES string of the molecule is CNC(=O)N1C[C@@H](CN(C)C)[C@H](NC(=O)c2cccc(Br)c2)C1. The van der Waals surface area contributed by atoms with Crippen LogP contribution in [-0.4, -0.2) is 68.6 Å². The summed E-state index contributed by atoms with van der Waals surface area (Å²) in [6, 6.07) is 7.14. The molecule has 1 aromatic carbocycles. The van der Waals surface area contributed by atoms with Crippen molar-refractivity contribution in [3.05, 3.63) is 34.3 Å². The highest BCUT2D eigenvalue weighted by molar-refractivity contribution is 9.10. The number of nitrogens with one attached hydrogen (secondary N) is 2. The highest BCUT2D eigenvalue weighted by Crippen LogP contribution is 2.19. The van der Waals surface area contributed by atoms with Gasteiger partial charge >= 0.3 is 6.03 Å². The Bertz CT molecular complexity index is 579. The molecular formula is C16H23BrN4O2. The average Bonchev–Trinajstić information content (AvgIpc) is 2.88. The van der Waals surface area contributed by atoms with Gasteiger partial charge in [-0.25, -0.2) is 4.79 Å². The second-order valence-electron chi connectivity index (χ2n) is 6.07. The van der Waals surface area contributed by atoms with Crippen molar-refractivity contribution < 1.29 is 9.59 Å². The largest absolute Gasteiger partial charge is 0.347 e. The van der Waals surface area contributed by atoms with E-state index in [1.165, 1.54) is 0 Å². The minimum Gasteiger partial charge on any atom is -0.347 e. The highest BCUT2D eigenvalue weighted by Gasteiger charge is 2.36. The smallest absolute Gasteiger partial charge is 0.317 e. The quantitative estimate of drug-likeness (QED) is 0.826. The molecule has 6 nitrogen and oxygen atoms in total. The van der Waals surface area contributed by atoms with E-state index in [0.717, 1.165) is 11.0 Å². The minimum absolute atomic E-state index is 0.0545. The van der Waals surface area contributed by atoms with Gasteiger partial charge in [-0.3, -0.25) is 4.79 Å². The Kier molecular flexibility index (Phi) is 6.01. The molecule has 1 heterocycles. The molecule has 1 saturated heterocycles. The molecule has 0 aromatic heterocycles. The summed E-state index contributed by atoms with van der Waals surface area (Å²) in [6.07, 6.45) is 0. The maximum atomic E-state index is 12.5. The van der Waals surface area contributed by atoms with Gasteiger partial charge in [-0.15, -0.1) is 0 Å². The highest BCUT2D eigenvalue weighted by atomic mass is 79.9. The van der Waals surface area contributed by atoms with Gasteiger partial charge in [-0.1, -0.05) is 22.0 Å². The van der Waals surface area contributed by atoms with Gasteiger partial charge in [0, 0.05) is 42.6 Å². The third-order valence-corrected chi connectivity index (χ3v) is 4.44. The molecule has 0 aliphatic carbocycles. The number of hydrogen-bond acceptors (Lipinski definition) is 3. The number of carbonyl (C=O) groups is 2. The fraction of sp³-hybridized carbons (Fsp3) is 0.500. The monoisotopic (exact) mass is 382 g/mol. The summed E-state index contributed by atoms with van der Waals surface area (Å²) in [5, 5.41) is 5.73. The van der Waals surface area contributed by atoms with Crippen molar-refractivity contribution >= 4 is 27.9 Å². The van der Waals surface area contributed by atoms with E-state index in [9.17, 15) is 9.59 Å². The molecule has 0 spiro atoms. The second kappa shape index (κ2) is 7.79. The van der Waals surface area contributed by atoms with Crippen molar-refractivity contribution in [2.24, 2.45) is 5.92 Å². The summed E-state index contributed by atoms with van der Waals surface area (Å²) in [5.74, 6) is 0.0946. The van der Waals surface area contributed by atoms with Crippen LogP contribution in [0, 0.1) is 5.92 Å². The number of hydrogen-bond donors (Lipinski definition) is 2. The molecule has 2 atom stereocenters. The number of carbonyl (C=O) groups excluding carboxylic acids is 2. The van der Waals surface area contributed by atoms with E-state index in [-0.39, 0.29) is 23.9 Å². The molecule has 1 aromatic rings. The molecule has 0 unspecified atom stereocenters. The first-order chi connectivity index (χ1) is 10.9. The van der Waals surface area contributed by atoms with Crippen LogP contribution in [0.15, 0.2) is 28.7 Å². The van der Waals surface area contributed by atoms with Crippen LogP contribution in [0.1, 0.15) is 10.4 Å². The molecule has 1 fully saturated rings. The first-order valence-electron chi connectivity index (χ1n) is 7.58. The number of halogens is 1. The molecule has 2 rings (SSSR count). The molecule has 0 bridgehead atoms. The lowest BCUT2D eigenvalue weighted by atomic mass is 10.0. The molecule has 2 N–H and O–H groups in total. The summed E-state index contributed by atoms with van der Waals surface area (Å²) in [5.41, 5.74) is 0.612. The predicted molar refractivity (Wildman–Crippen MR) is 93.5 cm³/mol. The van der Waals surface area contributed by atoms with E-state index in [2.05, 4.69) is 31.5 Å². The summed E-state index contributed by atoms with van der Waals surface area (Å²) >= 11 is 3.38. The molecule has 7 heteroatoms. The van der Waals surface area contributed by atoms with Gasteiger partial charge in [0.15, 0.2) is 0 Å². The molecule has 1 aliphatic heterocycles. The summed E-state index contributed by atoms with van der Waals surface area (Å²) in [4.78, 5) is 28.2. The van der Waals surface area contributed by atoms with Crippen molar-refractivity contribution in [2.75, 3.05) is 40.8 Å². The Morgan fingerprint density at radius 3 is 2.70 bits per heavy atom. The van der Waals surface area contributed by atoms with Crippen LogP contribution in [0.3, 0.4) is 0 Å². The van der Waals surface area contributed by atoms with Crippen LogP contribution in [-0.2, 0) is 0 Å². The third-order valence-electron chi connectivity index (χ3n) is 3.95. The van der Waals surface area contributed by atoms with E-state index < -0.39 is 0 Å². The van der Waals surface area contributed by atoms with Crippen LogP contribution in [0.2, 0.25) is 0 Å². The second-order valence-corrected chi connectivity index (χ2v) is 6.99. The first kappa shape index (κ1) is 17.7. The maximum Gasteiger partial charge on any atom is 0.317 e.